The normalized spacial score (nSPS) is 24.9. The molecule has 2 aliphatic rings. The van der Waals surface area contributed by atoms with Crippen molar-refractivity contribution in [1.29, 1.82) is 0 Å². The van der Waals surface area contributed by atoms with Crippen LogP contribution in [0.3, 0.4) is 0 Å². The summed E-state index contributed by atoms with van der Waals surface area (Å²) in [7, 11) is -0.414. The molecule has 2 aromatic rings. The fraction of sp³-hybridized carbons (Fsp3) is 0.611. The van der Waals surface area contributed by atoms with Crippen LogP contribution >= 0.6 is 0 Å². The van der Waals surface area contributed by atoms with E-state index < -0.39 is 10.2 Å². The second-order valence-corrected chi connectivity index (χ2v) is 9.72. The van der Waals surface area contributed by atoms with Crippen LogP contribution in [0.5, 0.6) is 0 Å². The van der Waals surface area contributed by atoms with Crippen LogP contribution in [0.2, 0.25) is 0 Å². The topological polar surface area (TPSA) is 92.4 Å². The Bertz CT molecular complexity index is 877. The van der Waals surface area contributed by atoms with Crippen LogP contribution in [-0.2, 0) is 10.2 Å². The molecule has 1 saturated heterocycles. The number of pyridine rings is 1. The van der Waals surface area contributed by atoms with E-state index in [1.807, 2.05) is 12.1 Å². The Morgan fingerprint density at radius 1 is 1.19 bits per heavy atom. The SMILES string of the molecule is CN(C)S(=O)(=O)N1CC(c2cccnc2)C(c2nc(C3CCCC3)no2)C1. The van der Waals surface area contributed by atoms with Gasteiger partial charge in [-0.1, -0.05) is 24.1 Å². The van der Waals surface area contributed by atoms with Gasteiger partial charge in [-0.15, -0.1) is 0 Å². The van der Waals surface area contributed by atoms with Gasteiger partial charge in [0.15, 0.2) is 5.82 Å². The van der Waals surface area contributed by atoms with Crippen LogP contribution in [0.15, 0.2) is 29.0 Å². The molecule has 2 fully saturated rings. The highest BCUT2D eigenvalue weighted by Crippen LogP contribution is 2.41. The highest BCUT2D eigenvalue weighted by atomic mass is 32.2. The molecule has 2 aromatic heterocycles. The monoisotopic (exact) mass is 391 g/mol. The fourth-order valence-corrected chi connectivity index (χ4v) is 5.28. The molecule has 0 N–H and O–H groups in total. The summed E-state index contributed by atoms with van der Waals surface area (Å²) in [5.74, 6) is 1.42. The van der Waals surface area contributed by atoms with E-state index in [4.69, 9.17) is 4.52 Å². The largest absolute Gasteiger partial charge is 0.339 e. The van der Waals surface area contributed by atoms with Crippen LogP contribution in [0, 0.1) is 0 Å². The van der Waals surface area contributed by atoms with E-state index >= 15 is 0 Å². The van der Waals surface area contributed by atoms with Gasteiger partial charge >= 0.3 is 0 Å². The minimum atomic E-state index is -3.51. The first-order valence-electron chi connectivity index (χ1n) is 9.38. The third-order valence-electron chi connectivity index (χ3n) is 5.68. The molecule has 1 saturated carbocycles. The predicted molar refractivity (Wildman–Crippen MR) is 99.4 cm³/mol. The first kappa shape index (κ1) is 18.5. The number of aromatic nitrogens is 3. The van der Waals surface area contributed by atoms with Crippen molar-refractivity contribution in [3.63, 3.8) is 0 Å². The molecule has 0 radical (unpaired) electrons. The third kappa shape index (κ3) is 3.51. The average molecular weight is 391 g/mol. The summed E-state index contributed by atoms with van der Waals surface area (Å²) in [4.78, 5) is 8.88. The van der Waals surface area contributed by atoms with E-state index in [1.165, 1.54) is 21.5 Å². The minimum absolute atomic E-state index is 0.0645. The van der Waals surface area contributed by atoms with Gasteiger partial charge in [0.25, 0.3) is 10.2 Å². The van der Waals surface area contributed by atoms with Gasteiger partial charge in [0.1, 0.15) is 0 Å². The van der Waals surface area contributed by atoms with Gasteiger partial charge in [-0.25, -0.2) is 0 Å². The molecule has 9 heteroatoms. The Hall–Kier alpha value is -1.84. The Labute approximate surface area is 159 Å². The van der Waals surface area contributed by atoms with Crippen molar-refractivity contribution >= 4 is 10.2 Å². The van der Waals surface area contributed by atoms with E-state index in [-0.39, 0.29) is 11.8 Å². The van der Waals surface area contributed by atoms with E-state index in [9.17, 15) is 8.42 Å². The zero-order valence-corrected chi connectivity index (χ0v) is 16.5. The molecule has 0 amide bonds. The lowest BCUT2D eigenvalue weighted by molar-refractivity contribution is 0.341. The van der Waals surface area contributed by atoms with Crippen LogP contribution in [-0.4, -0.2) is 59.3 Å². The molecule has 4 rings (SSSR count). The number of rotatable bonds is 5. The van der Waals surface area contributed by atoms with Crippen molar-refractivity contribution in [3.05, 3.63) is 41.8 Å². The van der Waals surface area contributed by atoms with Gasteiger partial charge in [0, 0.05) is 51.4 Å². The van der Waals surface area contributed by atoms with Crippen molar-refractivity contribution in [2.75, 3.05) is 27.2 Å². The van der Waals surface area contributed by atoms with E-state index in [0.717, 1.165) is 24.2 Å². The van der Waals surface area contributed by atoms with Crippen molar-refractivity contribution in [2.45, 2.75) is 43.4 Å². The van der Waals surface area contributed by atoms with Crippen LogP contribution < -0.4 is 0 Å². The first-order chi connectivity index (χ1) is 13.0. The van der Waals surface area contributed by atoms with Gasteiger partial charge in [0.05, 0.1) is 5.92 Å². The summed E-state index contributed by atoms with van der Waals surface area (Å²) in [6.45, 7) is 0.699. The summed E-state index contributed by atoms with van der Waals surface area (Å²) >= 11 is 0. The van der Waals surface area contributed by atoms with Crippen molar-refractivity contribution < 1.29 is 12.9 Å². The van der Waals surface area contributed by atoms with Gasteiger partial charge in [-0.05, 0) is 24.5 Å². The van der Waals surface area contributed by atoms with Crippen molar-refractivity contribution in [3.8, 4) is 0 Å². The Morgan fingerprint density at radius 2 is 1.93 bits per heavy atom. The number of hydrogen-bond acceptors (Lipinski definition) is 6. The van der Waals surface area contributed by atoms with Gasteiger partial charge in [0.2, 0.25) is 5.89 Å². The molecule has 0 bridgehead atoms. The van der Waals surface area contributed by atoms with Gasteiger partial charge < -0.3 is 4.52 Å². The molecule has 0 spiro atoms. The highest BCUT2D eigenvalue weighted by Gasteiger charge is 2.44. The summed E-state index contributed by atoms with van der Waals surface area (Å²) in [6.07, 6.45) is 8.09. The molecule has 2 unspecified atom stereocenters. The predicted octanol–water partition coefficient (Wildman–Crippen LogP) is 2.11. The summed E-state index contributed by atoms with van der Waals surface area (Å²) in [6, 6.07) is 3.85. The zero-order chi connectivity index (χ0) is 19.0. The average Bonchev–Trinajstić information content (AvgIpc) is 3.40. The fourth-order valence-electron chi connectivity index (χ4n) is 4.12. The molecule has 8 nitrogen and oxygen atoms in total. The van der Waals surface area contributed by atoms with Gasteiger partial charge in [-0.3, -0.25) is 4.98 Å². The highest BCUT2D eigenvalue weighted by molar-refractivity contribution is 7.86. The maximum Gasteiger partial charge on any atom is 0.281 e. The second-order valence-electron chi connectivity index (χ2n) is 7.58. The van der Waals surface area contributed by atoms with Crippen LogP contribution in [0.4, 0.5) is 0 Å². The van der Waals surface area contributed by atoms with Crippen LogP contribution in [0.25, 0.3) is 0 Å². The quantitative estimate of drug-likeness (QED) is 0.775. The van der Waals surface area contributed by atoms with E-state index in [0.29, 0.717) is 24.9 Å². The van der Waals surface area contributed by atoms with Crippen LogP contribution in [0.1, 0.15) is 60.7 Å². The molecule has 1 aliphatic heterocycles. The molecular formula is C18H25N5O3S. The lowest BCUT2D eigenvalue weighted by atomic mass is 9.90. The lowest BCUT2D eigenvalue weighted by Crippen LogP contribution is -2.38. The standard InChI is InChI=1S/C18H25N5O3S/c1-22(2)27(24,25)23-11-15(14-8-5-9-19-10-14)16(12-23)18-20-17(21-26-18)13-6-3-4-7-13/h5,8-10,13,15-16H,3-4,6-7,11-12H2,1-2H3. The smallest absolute Gasteiger partial charge is 0.281 e. The molecule has 3 heterocycles. The van der Waals surface area contributed by atoms with E-state index in [1.54, 1.807) is 26.5 Å². The number of nitrogens with zero attached hydrogens (tertiary/aromatic N) is 5. The first-order valence-corrected chi connectivity index (χ1v) is 10.8. The Balaban J connectivity index is 1.65. The molecular weight excluding hydrogens is 366 g/mol. The molecule has 0 aromatic carbocycles. The summed E-state index contributed by atoms with van der Waals surface area (Å²) in [5, 5.41) is 4.21. The number of hydrogen-bond donors (Lipinski definition) is 0. The minimum Gasteiger partial charge on any atom is -0.339 e. The lowest BCUT2D eigenvalue weighted by Gasteiger charge is -2.20. The Kier molecular flexibility index (Phi) is 5.00. The molecule has 2 atom stereocenters. The third-order valence-corrected chi connectivity index (χ3v) is 7.56. The van der Waals surface area contributed by atoms with Gasteiger partial charge in [-0.2, -0.15) is 22.0 Å². The molecule has 1 aliphatic carbocycles. The summed E-state index contributed by atoms with van der Waals surface area (Å²) < 4.78 is 33.7. The van der Waals surface area contributed by atoms with Crippen molar-refractivity contribution in [2.24, 2.45) is 0 Å². The Morgan fingerprint density at radius 3 is 2.59 bits per heavy atom. The molecule has 146 valence electrons. The van der Waals surface area contributed by atoms with E-state index in [2.05, 4.69) is 15.1 Å². The zero-order valence-electron chi connectivity index (χ0n) is 15.7. The maximum atomic E-state index is 12.7. The maximum absolute atomic E-state index is 12.7. The second kappa shape index (κ2) is 7.29. The molecule has 27 heavy (non-hydrogen) atoms. The van der Waals surface area contributed by atoms with Crippen molar-refractivity contribution in [1.82, 2.24) is 23.7 Å². The summed E-state index contributed by atoms with van der Waals surface area (Å²) in [5.41, 5.74) is 0.986.